The van der Waals surface area contributed by atoms with Crippen LogP contribution in [-0.2, 0) is 32.0 Å². The summed E-state index contributed by atoms with van der Waals surface area (Å²) in [5.74, 6) is -3.88. The Morgan fingerprint density at radius 3 is 1.84 bits per heavy atom. The number of rotatable bonds is 12. The summed E-state index contributed by atoms with van der Waals surface area (Å²) in [7, 11) is 0. The van der Waals surface area contributed by atoms with E-state index < -0.39 is 48.3 Å². The fourth-order valence-corrected chi connectivity index (χ4v) is 4.44. The number of aromatic amines is 2. The van der Waals surface area contributed by atoms with Gasteiger partial charge in [-0.05, 0) is 36.1 Å². The molecule has 2 aromatic heterocycles. The molecular formula is C27H29N5O6. The molecule has 2 amide bonds. The second kappa shape index (κ2) is 11.6. The van der Waals surface area contributed by atoms with Crippen LogP contribution < -0.4 is 16.4 Å². The number of carboxylic acids is 2. The van der Waals surface area contributed by atoms with Gasteiger partial charge in [-0.15, -0.1) is 0 Å². The monoisotopic (exact) mass is 519 g/mol. The summed E-state index contributed by atoms with van der Waals surface area (Å²) in [4.78, 5) is 55.2. The standard InChI is InChI=1S/C27H29N5O6/c28-19(11-15-13-29-20-7-3-1-5-17(15)20)25(35)32-23(12-16-14-30-21-8-4-2-6-18(16)21)26(36)31-22(27(37)38)9-10-24(33)34/h1-8,13-14,19,22-23,29-30H,9-12,28H2,(H,31,36)(H,32,35)(H,33,34)(H,37,38)/t19-,22-,23-/m0/s1. The number of H-pyrrole nitrogens is 2. The van der Waals surface area contributed by atoms with Crippen molar-refractivity contribution < 1.29 is 29.4 Å². The van der Waals surface area contributed by atoms with Gasteiger partial charge in [-0.25, -0.2) is 4.79 Å². The first-order chi connectivity index (χ1) is 18.2. The summed E-state index contributed by atoms with van der Waals surface area (Å²) in [6, 6.07) is 11.5. The Labute approximate surface area is 217 Å². The van der Waals surface area contributed by atoms with Crippen molar-refractivity contribution in [3.8, 4) is 0 Å². The van der Waals surface area contributed by atoms with Crippen LogP contribution in [0.15, 0.2) is 60.9 Å². The SMILES string of the molecule is N[C@@H](Cc1c[nH]c2ccccc12)C(=O)N[C@@H](Cc1c[nH]c2ccccc12)C(=O)N[C@@H](CCC(=O)O)C(=O)O. The van der Waals surface area contributed by atoms with Gasteiger partial charge < -0.3 is 36.5 Å². The average molecular weight is 520 g/mol. The lowest BCUT2D eigenvalue weighted by atomic mass is 10.0. The van der Waals surface area contributed by atoms with Gasteiger partial charge in [0.25, 0.3) is 0 Å². The summed E-state index contributed by atoms with van der Waals surface area (Å²) in [5.41, 5.74) is 9.56. The topological polar surface area (TPSA) is 190 Å². The maximum absolute atomic E-state index is 13.2. The second-order valence-electron chi connectivity index (χ2n) is 9.13. The molecule has 0 unspecified atom stereocenters. The minimum absolute atomic E-state index is 0.0622. The van der Waals surface area contributed by atoms with E-state index >= 15 is 0 Å². The molecule has 0 fully saturated rings. The van der Waals surface area contributed by atoms with Crippen molar-refractivity contribution in [3.05, 3.63) is 72.1 Å². The van der Waals surface area contributed by atoms with E-state index in [1.165, 1.54) is 0 Å². The van der Waals surface area contributed by atoms with Gasteiger partial charge in [-0.1, -0.05) is 36.4 Å². The summed E-state index contributed by atoms with van der Waals surface area (Å²) >= 11 is 0. The molecule has 0 aliphatic rings. The third-order valence-electron chi connectivity index (χ3n) is 6.44. The molecule has 2 heterocycles. The normalized spacial score (nSPS) is 13.6. The molecule has 11 heteroatoms. The first kappa shape index (κ1) is 26.4. The zero-order valence-electron chi connectivity index (χ0n) is 20.4. The maximum atomic E-state index is 13.2. The highest BCUT2D eigenvalue weighted by atomic mass is 16.4. The van der Waals surface area contributed by atoms with Crippen molar-refractivity contribution in [2.24, 2.45) is 5.73 Å². The largest absolute Gasteiger partial charge is 0.481 e. The summed E-state index contributed by atoms with van der Waals surface area (Å²) in [5, 5.41) is 25.3. The van der Waals surface area contributed by atoms with Crippen LogP contribution in [0.1, 0.15) is 24.0 Å². The van der Waals surface area contributed by atoms with E-state index in [4.69, 9.17) is 10.8 Å². The van der Waals surface area contributed by atoms with E-state index in [0.717, 1.165) is 32.9 Å². The van der Waals surface area contributed by atoms with E-state index in [1.807, 2.05) is 48.5 Å². The number of benzene rings is 2. The highest BCUT2D eigenvalue weighted by Crippen LogP contribution is 2.21. The Bertz CT molecular complexity index is 1470. The third kappa shape index (κ3) is 6.19. The van der Waals surface area contributed by atoms with E-state index in [2.05, 4.69) is 20.6 Å². The molecule has 0 saturated heterocycles. The molecule has 3 atom stereocenters. The van der Waals surface area contributed by atoms with Gasteiger partial charge in [0.05, 0.1) is 6.04 Å². The fourth-order valence-electron chi connectivity index (χ4n) is 4.44. The number of hydrogen-bond donors (Lipinski definition) is 7. The number of nitrogens with one attached hydrogen (secondary N) is 4. The van der Waals surface area contributed by atoms with E-state index in [-0.39, 0.29) is 19.3 Å². The maximum Gasteiger partial charge on any atom is 0.326 e. The number of amides is 2. The second-order valence-corrected chi connectivity index (χ2v) is 9.13. The molecule has 0 spiro atoms. The first-order valence-electron chi connectivity index (χ1n) is 12.1. The highest BCUT2D eigenvalue weighted by molar-refractivity contribution is 5.93. The molecule has 198 valence electrons. The lowest BCUT2D eigenvalue weighted by Gasteiger charge is -2.23. The Morgan fingerprint density at radius 2 is 1.29 bits per heavy atom. The Kier molecular flexibility index (Phi) is 8.07. The van der Waals surface area contributed by atoms with Crippen molar-refractivity contribution in [2.45, 2.75) is 43.8 Å². The lowest BCUT2D eigenvalue weighted by molar-refractivity contribution is -0.143. The Morgan fingerprint density at radius 1 is 0.763 bits per heavy atom. The number of carbonyl (C=O) groups excluding carboxylic acids is 2. The van der Waals surface area contributed by atoms with E-state index in [1.54, 1.807) is 12.4 Å². The molecule has 8 N–H and O–H groups in total. The molecule has 0 aliphatic carbocycles. The predicted octanol–water partition coefficient (Wildman–Crippen LogP) is 1.68. The lowest BCUT2D eigenvalue weighted by Crippen LogP contribution is -2.55. The minimum atomic E-state index is -1.43. The van der Waals surface area contributed by atoms with Crippen molar-refractivity contribution in [2.75, 3.05) is 0 Å². The number of carboxylic acid groups (broad SMARTS) is 2. The summed E-state index contributed by atoms with van der Waals surface area (Å²) < 4.78 is 0. The Hall–Kier alpha value is -4.64. The van der Waals surface area contributed by atoms with Crippen LogP contribution >= 0.6 is 0 Å². The van der Waals surface area contributed by atoms with Gasteiger partial charge >= 0.3 is 11.9 Å². The number of aliphatic carboxylic acids is 2. The van der Waals surface area contributed by atoms with Crippen LogP contribution in [0, 0.1) is 0 Å². The molecular weight excluding hydrogens is 490 g/mol. The number of fused-ring (bicyclic) bond motifs is 2. The number of aromatic nitrogens is 2. The zero-order valence-corrected chi connectivity index (χ0v) is 20.4. The van der Waals surface area contributed by atoms with Gasteiger partial charge in [0.15, 0.2) is 0 Å². The minimum Gasteiger partial charge on any atom is -0.481 e. The smallest absolute Gasteiger partial charge is 0.326 e. The fraction of sp³-hybridized carbons (Fsp3) is 0.259. The first-order valence-corrected chi connectivity index (χ1v) is 12.1. The number of para-hydroxylation sites is 2. The summed E-state index contributed by atoms with van der Waals surface area (Å²) in [6.07, 6.45) is 3.05. The van der Waals surface area contributed by atoms with Crippen LogP contribution in [0.2, 0.25) is 0 Å². The van der Waals surface area contributed by atoms with Crippen LogP contribution in [-0.4, -0.2) is 62.1 Å². The van der Waals surface area contributed by atoms with Crippen molar-refractivity contribution in [1.29, 1.82) is 0 Å². The summed E-state index contributed by atoms with van der Waals surface area (Å²) in [6.45, 7) is 0. The van der Waals surface area contributed by atoms with Gasteiger partial charge in [-0.3, -0.25) is 14.4 Å². The van der Waals surface area contributed by atoms with Crippen molar-refractivity contribution in [3.63, 3.8) is 0 Å². The van der Waals surface area contributed by atoms with E-state index in [0.29, 0.717) is 0 Å². The predicted molar refractivity (Wildman–Crippen MR) is 140 cm³/mol. The van der Waals surface area contributed by atoms with Crippen LogP contribution in [0.25, 0.3) is 21.8 Å². The van der Waals surface area contributed by atoms with E-state index in [9.17, 15) is 24.3 Å². The van der Waals surface area contributed by atoms with Crippen molar-refractivity contribution >= 4 is 45.6 Å². The van der Waals surface area contributed by atoms with Crippen LogP contribution in [0.3, 0.4) is 0 Å². The molecule has 0 bridgehead atoms. The number of carbonyl (C=O) groups is 4. The van der Waals surface area contributed by atoms with Crippen LogP contribution in [0.4, 0.5) is 0 Å². The molecule has 2 aromatic carbocycles. The molecule has 0 radical (unpaired) electrons. The van der Waals surface area contributed by atoms with Gasteiger partial charge in [0.2, 0.25) is 11.8 Å². The quantitative estimate of drug-likeness (QED) is 0.148. The zero-order chi connectivity index (χ0) is 27.2. The molecule has 4 aromatic rings. The van der Waals surface area contributed by atoms with Gasteiger partial charge in [-0.2, -0.15) is 0 Å². The molecule has 0 saturated carbocycles. The van der Waals surface area contributed by atoms with Gasteiger partial charge in [0.1, 0.15) is 12.1 Å². The van der Waals surface area contributed by atoms with Crippen molar-refractivity contribution in [1.82, 2.24) is 20.6 Å². The van der Waals surface area contributed by atoms with Crippen LogP contribution in [0.5, 0.6) is 0 Å². The molecule has 4 rings (SSSR count). The third-order valence-corrected chi connectivity index (χ3v) is 6.44. The molecule has 38 heavy (non-hydrogen) atoms. The molecule has 0 aliphatic heterocycles. The Balaban J connectivity index is 1.53. The highest BCUT2D eigenvalue weighted by Gasteiger charge is 2.29. The number of hydrogen-bond acceptors (Lipinski definition) is 5. The average Bonchev–Trinajstić information content (AvgIpc) is 3.50. The molecule has 11 nitrogen and oxygen atoms in total. The number of nitrogens with two attached hydrogens (primary N) is 1. The van der Waals surface area contributed by atoms with Gasteiger partial charge in [0, 0.05) is 47.0 Å².